The maximum absolute atomic E-state index is 12.9. The minimum atomic E-state index is -1.14. The van der Waals surface area contributed by atoms with Gasteiger partial charge in [-0.1, -0.05) is 24.3 Å². The third-order valence-electron chi connectivity index (χ3n) is 5.54. The van der Waals surface area contributed by atoms with Crippen LogP contribution in [0.4, 0.5) is 4.79 Å². The molecular formula is C24H21BrN2O7S. The Bertz CT molecular complexity index is 1250. The fourth-order valence-corrected chi connectivity index (χ4v) is 5.24. The van der Waals surface area contributed by atoms with E-state index in [4.69, 9.17) is 14.6 Å². The molecule has 0 aromatic heterocycles. The summed E-state index contributed by atoms with van der Waals surface area (Å²) in [6, 6.07) is 11.1. The summed E-state index contributed by atoms with van der Waals surface area (Å²) in [7, 11) is 1.40. The van der Waals surface area contributed by atoms with Crippen LogP contribution in [0.2, 0.25) is 0 Å². The second kappa shape index (κ2) is 10.5. The third-order valence-corrected chi connectivity index (χ3v) is 7.04. The highest BCUT2D eigenvalue weighted by atomic mass is 79.9. The molecule has 9 nitrogen and oxygen atoms in total. The highest BCUT2D eigenvalue weighted by Gasteiger charge is 2.37. The fourth-order valence-electron chi connectivity index (χ4n) is 3.83. The molecule has 0 aliphatic carbocycles. The van der Waals surface area contributed by atoms with Gasteiger partial charge >= 0.3 is 5.97 Å². The zero-order chi connectivity index (χ0) is 25.1. The summed E-state index contributed by atoms with van der Waals surface area (Å²) < 4.78 is 11.0. The normalized spacial score (nSPS) is 16.5. The zero-order valence-corrected chi connectivity index (χ0v) is 21.1. The van der Waals surface area contributed by atoms with Crippen molar-refractivity contribution < 1.29 is 33.8 Å². The Morgan fingerprint density at radius 1 is 1.20 bits per heavy atom. The van der Waals surface area contributed by atoms with Crippen molar-refractivity contribution >= 4 is 56.8 Å². The van der Waals surface area contributed by atoms with Crippen LogP contribution in [-0.2, 0) is 27.3 Å². The van der Waals surface area contributed by atoms with Gasteiger partial charge in [0.25, 0.3) is 11.1 Å². The average Bonchev–Trinajstić information content (AvgIpc) is 3.09. The Kier molecular flexibility index (Phi) is 7.46. The van der Waals surface area contributed by atoms with E-state index >= 15 is 0 Å². The lowest BCUT2D eigenvalue weighted by atomic mass is 10.00. The Balaban J connectivity index is 1.47. The van der Waals surface area contributed by atoms with Crippen molar-refractivity contribution in [1.82, 2.24) is 9.80 Å². The molecule has 0 spiro atoms. The summed E-state index contributed by atoms with van der Waals surface area (Å²) in [6.07, 6.45) is 2.24. The van der Waals surface area contributed by atoms with E-state index in [1.165, 1.54) is 18.7 Å². The average molecular weight is 561 g/mol. The number of rotatable bonds is 7. The van der Waals surface area contributed by atoms with Gasteiger partial charge in [0.15, 0.2) is 18.1 Å². The minimum absolute atomic E-state index is 0.167. The number of carboxylic acid groups (broad SMARTS) is 1. The van der Waals surface area contributed by atoms with Crippen molar-refractivity contribution in [2.45, 2.75) is 13.0 Å². The Labute approximate surface area is 213 Å². The van der Waals surface area contributed by atoms with Crippen LogP contribution in [0.5, 0.6) is 11.5 Å². The van der Waals surface area contributed by atoms with Crippen LogP contribution < -0.4 is 9.47 Å². The molecule has 2 heterocycles. The van der Waals surface area contributed by atoms with E-state index in [0.717, 1.165) is 28.6 Å². The van der Waals surface area contributed by atoms with Gasteiger partial charge in [-0.25, -0.2) is 4.79 Å². The number of hydrogen-bond acceptors (Lipinski definition) is 7. The van der Waals surface area contributed by atoms with Crippen LogP contribution >= 0.6 is 27.7 Å². The zero-order valence-electron chi connectivity index (χ0n) is 18.7. The standard InChI is InChI=1S/C24H21BrN2O7S/c1-33-18-9-14(8-17(25)22(18)34-13-21(29)30)10-19-23(31)27(24(32)35-19)12-20(28)26-7-6-15-4-2-3-5-16(15)11-26/h2-5,8-10H,6-7,11-13H2,1H3,(H,29,30)/b19-10-. The molecule has 2 aliphatic heterocycles. The van der Waals surface area contributed by atoms with Gasteiger partial charge < -0.3 is 19.5 Å². The van der Waals surface area contributed by atoms with E-state index in [0.29, 0.717) is 23.1 Å². The van der Waals surface area contributed by atoms with Crippen molar-refractivity contribution in [3.63, 3.8) is 0 Å². The monoisotopic (exact) mass is 560 g/mol. The van der Waals surface area contributed by atoms with Crippen LogP contribution in [0.25, 0.3) is 6.08 Å². The third kappa shape index (κ3) is 5.51. The Morgan fingerprint density at radius 3 is 2.66 bits per heavy atom. The van der Waals surface area contributed by atoms with Crippen molar-refractivity contribution in [2.24, 2.45) is 0 Å². The highest BCUT2D eigenvalue weighted by molar-refractivity contribution is 9.10. The van der Waals surface area contributed by atoms with Crippen LogP contribution in [0, 0.1) is 0 Å². The lowest BCUT2D eigenvalue weighted by molar-refractivity contribution is -0.139. The number of nitrogens with zero attached hydrogens (tertiary/aromatic N) is 2. The van der Waals surface area contributed by atoms with Gasteiger partial charge in [-0.2, -0.15) is 0 Å². The molecule has 0 radical (unpaired) electrons. The molecule has 35 heavy (non-hydrogen) atoms. The maximum atomic E-state index is 12.9. The summed E-state index contributed by atoms with van der Waals surface area (Å²) in [5.41, 5.74) is 2.80. The fraction of sp³-hybridized carbons (Fsp3) is 0.250. The van der Waals surface area contributed by atoms with Crippen molar-refractivity contribution in [3.05, 3.63) is 62.5 Å². The number of hydrogen-bond donors (Lipinski definition) is 1. The summed E-state index contributed by atoms with van der Waals surface area (Å²) in [4.78, 5) is 51.9. The van der Waals surface area contributed by atoms with Gasteiger partial charge in [0.1, 0.15) is 6.54 Å². The van der Waals surface area contributed by atoms with Crippen LogP contribution in [0.15, 0.2) is 45.8 Å². The second-order valence-electron chi connectivity index (χ2n) is 7.82. The molecule has 11 heteroatoms. The molecular weight excluding hydrogens is 540 g/mol. The molecule has 1 fully saturated rings. The second-order valence-corrected chi connectivity index (χ2v) is 9.67. The lowest BCUT2D eigenvalue weighted by Crippen LogP contribution is -2.44. The molecule has 0 atom stereocenters. The van der Waals surface area contributed by atoms with Crippen molar-refractivity contribution in [1.29, 1.82) is 0 Å². The van der Waals surface area contributed by atoms with Gasteiger partial charge in [-0.15, -0.1) is 0 Å². The molecule has 0 unspecified atom stereocenters. The largest absolute Gasteiger partial charge is 0.493 e. The maximum Gasteiger partial charge on any atom is 0.341 e. The summed E-state index contributed by atoms with van der Waals surface area (Å²) in [5.74, 6) is -1.51. The van der Waals surface area contributed by atoms with Crippen molar-refractivity contribution in [3.8, 4) is 11.5 Å². The number of fused-ring (bicyclic) bond motifs is 1. The smallest absolute Gasteiger partial charge is 0.341 e. The molecule has 1 N–H and O–H groups in total. The van der Waals surface area contributed by atoms with Crippen LogP contribution in [0.1, 0.15) is 16.7 Å². The number of benzene rings is 2. The molecule has 0 saturated carbocycles. The summed E-state index contributed by atoms with van der Waals surface area (Å²) >= 11 is 4.07. The number of carboxylic acids is 1. The van der Waals surface area contributed by atoms with E-state index in [-0.39, 0.29) is 28.9 Å². The van der Waals surface area contributed by atoms with E-state index in [2.05, 4.69) is 15.9 Å². The van der Waals surface area contributed by atoms with Crippen LogP contribution in [0.3, 0.4) is 0 Å². The lowest BCUT2D eigenvalue weighted by Gasteiger charge is -2.29. The van der Waals surface area contributed by atoms with Gasteiger partial charge in [0.2, 0.25) is 5.91 Å². The summed E-state index contributed by atoms with van der Waals surface area (Å²) in [5, 5.41) is 8.33. The highest BCUT2D eigenvalue weighted by Crippen LogP contribution is 2.39. The van der Waals surface area contributed by atoms with E-state index in [1.807, 2.05) is 24.3 Å². The topological polar surface area (TPSA) is 113 Å². The number of thioether (sulfide) groups is 1. The number of ether oxygens (including phenoxy) is 2. The first kappa shape index (κ1) is 24.8. The molecule has 3 amide bonds. The van der Waals surface area contributed by atoms with Crippen molar-refractivity contribution in [2.75, 3.05) is 26.8 Å². The Morgan fingerprint density at radius 2 is 1.94 bits per heavy atom. The van der Waals surface area contributed by atoms with Gasteiger partial charge in [0.05, 0.1) is 16.5 Å². The molecule has 2 aromatic carbocycles. The number of carbonyl (C=O) groups excluding carboxylic acids is 3. The molecule has 4 rings (SSSR count). The number of methoxy groups -OCH3 is 1. The first-order valence-electron chi connectivity index (χ1n) is 10.6. The number of imide groups is 1. The van der Waals surface area contributed by atoms with Crippen LogP contribution in [-0.4, -0.2) is 64.7 Å². The molecule has 182 valence electrons. The number of aliphatic carboxylic acids is 1. The summed E-state index contributed by atoms with van der Waals surface area (Å²) in [6.45, 7) is 0.111. The first-order chi connectivity index (χ1) is 16.8. The molecule has 1 saturated heterocycles. The number of amides is 3. The van der Waals surface area contributed by atoms with E-state index < -0.39 is 23.7 Å². The number of carbonyl (C=O) groups is 4. The predicted octanol–water partition coefficient (Wildman–Crippen LogP) is 3.54. The molecule has 0 bridgehead atoms. The van der Waals surface area contributed by atoms with Gasteiger partial charge in [0, 0.05) is 13.1 Å². The molecule has 2 aromatic rings. The van der Waals surface area contributed by atoms with E-state index in [1.54, 1.807) is 17.0 Å². The number of halogens is 1. The predicted molar refractivity (Wildman–Crippen MR) is 132 cm³/mol. The molecule has 2 aliphatic rings. The quantitative estimate of drug-likeness (QED) is 0.511. The SMILES string of the molecule is COc1cc(/C=C2\SC(=O)N(CC(=O)N3CCc4ccccc4C3)C2=O)cc(Br)c1OCC(=O)O. The Hall–Kier alpha value is -3.31. The minimum Gasteiger partial charge on any atom is -0.493 e. The van der Waals surface area contributed by atoms with Gasteiger partial charge in [-0.3, -0.25) is 19.3 Å². The first-order valence-corrected chi connectivity index (χ1v) is 12.2. The van der Waals surface area contributed by atoms with Gasteiger partial charge in [-0.05, 0) is 69.0 Å². The van der Waals surface area contributed by atoms with E-state index in [9.17, 15) is 19.2 Å².